The number of fused-ring (bicyclic) bond motifs is 1. The highest BCUT2D eigenvalue weighted by molar-refractivity contribution is 7.17. The number of rotatable bonds is 2. The molecule has 4 nitrogen and oxygen atoms in total. The maximum absolute atomic E-state index is 5.47. The third-order valence-corrected chi connectivity index (χ3v) is 3.83. The van der Waals surface area contributed by atoms with Crippen LogP contribution in [-0.2, 0) is 0 Å². The summed E-state index contributed by atoms with van der Waals surface area (Å²) in [5.74, 6) is 1.49. The van der Waals surface area contributed by atoms with Gasteiger partial charge in [-0.05, 0) is 30.0 Å². The van der Waals surface area contributed by atoms with Crippen LogP contribution in [0.3, 0.4) is 0 Å². The fourth-order valence-corrected chi connectivity index (χ4v) is 2.78. The lowest BCUT2D eigenvalue weighted by Crippen LogP contribution is -2.13. The number of thiophene rings is 1. The van der Waals surface area contributed by atoms with E-state index >= 15 is 0 Å². The average molecular weight is 259 g/mol. The van der Waals surface area contributed by atoms with Crippen molar-refractivity contribution in [2.75, 3.05) is 19.0 Å². The maximum Gasteiger partial charge on any atom is 0.226 e. The molecule has 3 aromatic heterocycles. The van der Waals surface area contributed by atoms with Crippen molar-refractivity contribution in [3.63, 3.8) is 0 Å². The van der Waals surface area contributed by atoms with Gasteiger partial charge in [-0.2, -0.15) is 0 Å². The molecule has 92 valence electrons. The molecule has 0 aliphatic rings. The SMILES string of the molecule is Cc1csc2c(-c3ccco3)nc(N(C)C)nc12. The Kier molecular flexibility index (Phi) is 2.56. The number of aryl methyl sites for hydroxylation is 1. The second-order valence-electron chi connectivity index (χ2n) is 4.34. The normalized spacial score (nSPS) is 11.1. The van der Waals surface area contributed by atoms with Gasteiger partial charge in [0.2, 0.25) is 5.95 Å². The van der Waals surface area contributed by atoms with Crippen LogP contribution in [0.25, 0.3) is 21.7 Å². The second-order valence-corrected chi connectivity index (χ2v) is 5.22. The van der Waals surface area contributed by atoms with E-state index in [1.54, 1.807) is 17.6 Å². The number of hydrogen-bond acceptors (Lipinski definition) is 5. The second kappa shape index (κ2) is 4.10. The van der Waals surface area contributed by atoms with Crippen LogP contribution in [0.5, 0.6) is 0 Å². The lowest BCUT2D eigenvalue weighted by Gasteiger charge is -2.11. The van der Waals surface area contributed by atoms with Gasteiger partial charge in [-0.25, -0.2) is 9.97 Å². The molecule has 0 bridgehead atoms. The minimum Gasteiger partial charge on any atom is -0.463 e. The topological polar surface area (TPSA) is 42.2 Å². The van der Waals surface area contributed by atoms with E-state index in [0.717, 1.165) is 21.7 Å². The van der Waals surface area contributed by atoms with Crippen molar-refractivity contribution in [1.82, 2.24) is 9.97 Å². The van der Waals surface area contributed by atoms with Gasteiger partial charge in [-0.1, -0.05) is 0 Å². The van der Waals surface area contributed by atoms with Crippen LogP contribution in [0.2, 0.25) is 0 Å². The Hall–Kier alpha value is -1.88. The van der Waals surface area contributed by atoms with E-state index < -0.39 is 0 Å². The molecule has 0 N–H and O–H groups in total. The van der Waals surface area contributed by atoms with E-state index in [9.17, 15) is 0 Å². The van der Waals surface area contributed by atoms with Gasteiger partial charge in [0.05, 0.1) is 16.5 Å². The van der Waals surface area contributed by atoms with Gasteiger partial charge in [0.25, 0.3) is 0 Å². The zero-order chi connectivity index (χ0) is 12.7. The number of hydrogen-bond donors (Lipinski definition) is 0. The van der Waals surface area contributed by atoms with Crippen molar-refractivity contribution >= 4 is 27.5 Å². The Bertz CT molecular complexity index is 686. The number of anilines is 1. The van der Waals surface area contributed by atoms with Crippen LogP contribution < -0.4 is 4.90 Å². The van der Waals surface area contributed by atoms with Gasteiger partial charge in [0.1, 0.15) is 5.69 Å². The Balaban J connectivity index is 2.35. The number of furan rings is 1. The number of aromatic nitrogens is 2. The van der Waals surface area contributed by atoms with Crippen molar-refractivity contribution in [3.05, 3.63) is 29.3 Å². The predicted octanol–water partition coefficient (Wildman–Crippen LogP) is 3.33. The summed E-state index contributed by atoms with van der Waals surface area (Å²) in [6, 6.07) is 3.80. The molecule has 3 heterocycles. The molecule has 5 heteroatoms. The third-order valence-electron chi connectivity index (χ3n) is 2.74. The Labute approximate surface area is 109 Å². The van der Waals surface area contributed by atoms with Crippen molar-refractivity contribution in [3.8, 4) is 11.5 Å². The van der Waals surface area contributed by atoms with Gasteiger partial charge >= 0.3 is 0 Å². The fourth-order valence-electron chi connectivity index (χ4n) is 1.80. The Morgan fingerprint density at radius 3 is 2.78 bits per heavy atom. The Morgan fingerprint density at radius 2 is 2.11 bits per heavy atom. The van der Waals surface area contributed by atoms with Gasteiger partial charge < -0.3 is 9.32 Å². The molecule has 3 rings (SSSR count). The van der Waals surface area contributed by atoms with E-state index in [1.807, 2.05) is 31.1 Å². The smallest absolute Gasteiger partial charge is 0.226 e. The molecule has 0 saturated carbocycles. The van der Waals surface area contributed by atoms with Crippen molar-refractivity contribution in [1.29, 1.82) is 0 Å². The highest BCUT2D eigenvalue weighted by Gasteiger charge is 2.15. The van der Waals surface area contributed by atoms with Crippen molar-refractivity contribution in [2.24, 2.45) is 0 Å². The maximum atomic E-state index is 5.47. The van der Waals surface area contributed by atoms with Gasteiger partial charge in [-0.15, -0.1) is 11.3 Å². The first kappa shape index (κ1) is 11.2. The fraction of sp³-hybridized carbons (Fsp3) is 0.231. The summed E-state index contributed by atoms with van der Waals surface area (Å²) in [4.78, 5) is 11.1. The third kappa shape index (κ3) is 1.67. The first-order valence-corrected chi connectivity index (χ1v) is 6.52. The largest absolute Gasteiger partial charge is 0.463 e. The Morgan fingerprint density at radius 1 is 1.28 bits per heavy atom. The van der Waals surface area contributed by atoms with E-state index in [2.05, 4.69) is 22.3 Å². The van der Waals surface area contributed by atoms with Gasteiger partial charge in [-0.3, -0.25) is 0 Å². The quantitative estimate of drug-likeness (QED) is 0.708. The molecule has 0 unspecified atom stereocenters. The summed E-state index contributed by atoms with van der Waals surface area (Å²) in [6.45, 7) is 2.07. The van der Waals surface area contributed by atoms with Crippen molar-refractivity contribution in [2.45, 2.75) is 6.92 Å². The van der Waals surface area contributed by atoms with Crippen LogP contribution in [0, 0.1) is 6.92 Å². The molecule has 0 spiro atoms. The van der Waals surface area contributed by atoms with Crippen LogP contribution in [0.15, 0.2) is 28.2 Å². The molecule has 0 amide bonds. The molecule has 0 aliphatic carbocycles. The summed E-state index contributed by atoms with van der Waals surface area (Å²) in [6.07, 6.45) is 1.67. The molecule has 0 saturated heterocycles. The van der Waals surface area contributed by atoms with E-state index in [1.165, 1.54) is 5.56 Å². The highest BCUT2D eigenvalue weighted by atomic mass is 32.1. The molecular weight excluding hydrogens is 246 g/mol. The number of nitrogens with zero attached hydrogens (tertiary/aromatic N) is 3. The zero-order valence-electron chi connectivity index (χ0n) is 10.5. The summed E-state index contributed by atoms with van der Waals surface area (Å²) in [5, 5.41) is 2.10. The van der Waals surface area contributed by atoms with Crippen LogP contribution in [0.1, 0.15) is 5.56 Å². The summed E-state index contributed by atoms with van der Waals surface area (Å²) >= 11 is 1.66. The molecule has 18 heavy (non-hydrogen) atoms. The van der Waals surface area contributed by atoms with Crippen LogP contribution >= 0.6 is 11.3 Å². The van der Waals surface area contributed by atoms with Gasteiger partial charge in [0, 0.05) is 14.1 Å². The predicted molar refractivity (Wildman–Crippen MR) is 74.2 cm³/mol. The summed E-state index contributed by atoms with van der Waals surface area (Å²) < 4.78 is 6.55. The first-order valence-electron chi connectivity index (χ1n) is 5.64. The molecule has 0 fully saturated rings. The standard InChI is InChI=1S/C13H13N3OS/c1-8-7-18-12-10(8)14-13(16(2)3)15-11(12)9-5-4-6-17-9/h4-7H,1-3H3. The monoisotopic (exact) mass is 259 g/mol. The average Bonchev–Trinajstić information content (AvgIpc) is 2.98. The van der Waals surface area contributed by atoms with Crippen LogP contribution in [0.4, 0.5) is 5.95 Å². The molecule has 0 aliphatic heterocycles. The first-order chi connectivity index (χ1) is 8.66. The zero-order valence-corrected chi connectivity index (χ0v) is 11.3. The highest BCUT2D eigenvalue weighted by Crippen LogP contribution is 2.33. The van der Waals surface area contributed by atoms with E-state index in [-0.39, 0.29) is 0 Å². The molecule has 3 aromatic rings. The molecule has 0 radical (unpaired) electrons. The molecule has 0 aromatic carbocycles. The lowest BCUT2D eigenvalue weighted by atomic mass is 10.2. The minimum atomic E-state index is 0.704. The molecule has 0 atom stereocenters. The van der Waals surface area contributed by atoms with Gasteiger partial charge in [0.15, 0.2) is 5.76 Å². The minimum absolute atomic E-state index is 0.704. The van der Waals surface area contributed by atoms with E-state index in [0.29, 0.717) is 5.95 Å². The van der Waals surface area contributed by atoms with Crippen LogP contribution in [-0.4, -0.2) is 24.1 Å². The summed E-state index contributed by atoms with van der Waals surface area (Å²) in [5.41, 5.74) is 3.05. The van der Waals surface area contributed by atoms with E-state index in [4.69, 9.17) is 4.42 Å². The van der Waals surface area contributed by atoms with Crippen molar-refractivity contribution < 1.29 is 4.42 Å². The molecular formula is C13H13N3OS. The lowest BCUT2D eigenvalue weighted by molar-refractivity contribution is 0.580. The summed E-state index contributed by atoms with van der Waals surface area (Å²) in [7, 11) is 3.88.